The van der Waals surface area contributed by atoms with Gasteiger partial charge in [0.15, 0.2) is 0 Å². The highest BCUT2D eigenvalue weighted by molar-refractivity contribution is 5.50. The second-order valence-corrected chi connectivity index (χ2v) is 6.98. The van der Waals surface area contributed by atoms with Crippen molar-refractivity contribution in [1.29, 1.82) is 0 Å². The first kappa shape index (κ1) is 16.4. The van der Waals surface area contributed by atoms with E-state index in [4.69, 9.17) is 9.47 Å². The van der Waals surface area contributed by atoms with Crippen molar-refractivity contribution in [2.75, 3.05) is 38.3 Å². The first-order valence-electron chi connectivity index (χ1n) is 8.99. The van der Waals surface area contributed by atoms with Crippen molar-refractivity contribution in [3.05, 3.63) is 48.3 Å². The van der Waals surface area contributed by atoms with Gasteiger partial charge in [-0.25, -0.2) is 0 Å². The normalized spacial score (nSPS) is 22.2. The molecule has 0 radical (unpaired) electrons. The van der Waals surface area contributed by atoms with Gasteiger partial charge < -0.3 is 19.7 Å². The number of fused-ring (bicyclic) bond motifs is 2. The largest absolute Gasteiger partial charge is 0.456 e. The minimum Gasteiger partial charge on any atom is -0.456 e. The van der Waals surface area contributed by atoms with Crippen LogP contribution in [0.4, 0.5) is 5.69 Å². The molecule has 0 spiro atoms. The fourth-order valence-corrected chi connectivity index (χ4v) is 3.76. The van der Waals surface area contributed by atoms with Crippen LogP contribution in [0.1, 0.15) is 12.0 Å². The van der Waals surface area contributed by atoms with Crippen molar-refractivity contribution >= 4 is 5.69 Å². The maximum absolute atomic E-state index is 6.00. The predicted octanol–water partition coefficient (Wildman–Crippen LogP) is 2.86. The van der Waals surface area contributed by atoms with E-state index in [1.54, 1.807) is 13.3 Å². The molecule has 1 aromatic carbocycles. The van der Waals surface area contributed by atoms with Gasteiger partial charge in [0, 0.05) is 38.9 Å². The molecule has 2 unspecified atom stereocenters. The van der Waals surface area contributed by atoms with Gasteiger partial charge in [-0.3, -0.25) is 4.98 Å². The van der Waals surface area contributed by atoms with Crippen LogP contribution in [0, 0.1) is 5.92 Å². The third-order valence-electron chi connectivity index (χ3n) is 5.05. The number of benzene rings is 1. The number of methoxy groups -OCH3 is 1. The summed E-state index contributed by atoms with van der Waals surface area (Å²) in [4.78, 5) is 6.80. The molecular formula is C20H25N3O2. The van der Waals surface area contributed by atoms with Gasteiger partial charge in [0.1, 0.15) is 11.5 Å². The number of rotatable bonds is 6. The highest BCUT2D eigenvalue weighted by atomic mass is 16.5. The van der Waals surface area contributed by atoms with E-state index in [0.717, 1.165) is 55.8 Å². The number of pyridine rings is 1. The minimum absolute atomic E-state index is 0.614. The molecule has 0 saturated carbocycles. The Kier molecular flexibility index (Phi) is 4.85. The summed E-state index contributed by atoms with van der Waals surface area (Å²) in [5.41, 5.74) is 2.39. The third kappa shape index (κ3) is 3.94. The van der Waals surface area contributed by atoms with E-state index in [9.17, 15) is 0 Å². The van der Waals surface area contributed by atoms with Gasteiger partial charge in [-0.2, -0.15) is 0 Å². The summed E-state index contributed by atoms with van der Waals surface area (Å²) in [6.45, 7) is 4.03. The van der Waals surface area contributed by atoms with Gasteiger partial charge in [0.2, 0.25) is 0 Å². The topological polar surface area (TPSA) is 46.6 Å². The monoisotopic (exact) mass is 339 g/mol. The van der Waals surface area contributed by atoms with Crippen LogP contribution in [0.3, 0.4) is 0 Å². The Bertz CT molecular complexity index is 692. The lowest BCUT2D eigenvalue weighted by molar-refractivity contribution is 0.202. The van der Waals surface area contributed by atoms with Crippen LogP contribution in [0.2, 0.25) is 0 Å². The Morgan fingerprint density at radius 1 is 1.16 bits per heavy atom. The Morgan fingerprint density at radius 3 is 2.84 bits per heavy atom. The van der Waals surface area contributed by atoms with Crippen molar-refractivity contribution < 1.29 is 9.47 Å². The number of anilines is 1. The van der Waals surface area contributed by atoms with E-state index < -0.39 is 0 Å². The van der Waals surface area contributed by atoms with Gasteiger partial charge in [-0.15, -0.1) is 0 Å². The maximum Gasteiger partial charge on any atom is 0.147 e. The minimum atomic E-state index is 0.614. The standard InChI is InChI=1S/C20H25N3O2/c1-24-7-6-15-2-4-19(5-3-15)25-20-9-18(11-21-12-20)23-13-16-8-17(14-23)22-10-16/h2-5,9,11-12,16-17,22H,6-8,10,13-14H2,1H3. The SMILES string of the molecule is COCCc1ccc(Oc2cncc(N3CC4CNC(C4)C3)c2)cc1. The smallest absolute Gasteiger partial charge is 0.147 e. The van der Waals surface area contributed by atoms with E-state index in [-0.39, 0.29) is 0 Å². The number of nitrogens with one attached hydrogen (secondary N) is 1. The molecule has 2 atom stereocenters. The van der Waals surface area contributed by atoms with Crippen LogP contribution in [0.25, 0.3) is 0 Å². The molecule has 1 N–H and O–H groups in total. The summed E-state index contributed by atoms with van der Waals surface area (Å²) < 4.78 is 11.1. The van der Waals surface area contributed by atoms with Gasteiger partial charge in [0.25, 0.3) is 0 Å². The summed E-state index contributed by atoms with van der Waals surface area (Å²) >= 11 is 0. The van der Waals surface area contributed by atoms with Crippen molar-refractivity contribution in [3.8, 4) is 11.5 Å². The summed E-state index contributed by atoms with van der Waals surface area (Å²) in [7, 11) is 1.72. The Hall–Kier alpha value is -2.11. The molecule has 25 heavy (non-hydrogen) atoms. The summed E-state index contributed by atoms with van der Waals surface area (Å²) in [5.74, 6) is 2.37. The fraction of sp³-hybridized carbons (Fsp3) is 0.450. The van der Waals surface area contributed by atoms with E-state index >= 15 is 0 Å². The summed E-state index contributed by atoms with van der Waals surface area (Å²) in [6.07, 6.45) is 5.93. The number of ether oxygens (including phenoxy) is 2. The molecule has 2 aromatic rings. The number of hydrogen-bond donors (Lipinski definition) is 1. The van der Waals surface area contributed by atoms with Crippen LogP contribution >= 0.6 is 0 Å². The van der Waals surface area contributed by atoms with E-state index in [1.807, 2.05) is 18.3 Å². The fourth-order valence-electron chi connectivity index (χ4n) is 3.76. The van der Waals surface area contributed by atoms with Crippen molar-refractivity contribution in [3.63, 3.8) is 0 Å². The quantitative estimate of drug-likeness (QED) is 0.877. The van der Waals surface area contributed by atoms with E-state index in [2.05, 4.69) is 33.4 Å². The molecule has 0 aliphatic carbocycles. The Labute approximate surface area is 149 Å². The molecule has 2 fully saturated rings. The lowest BCUT2D eigenvalue weighted by Crippen LogP contribution is -2.41. The van der Waals surface area contributed by atoms with Gasteiger partial charge in [0.05, 0.1) is 24.7 Å². The lowest BCUT2D eigenvalue weighted by Gasteiger charge is -2.32. The highest BCUT2D eigenvalue weighted by Crippen LogP contribution is 2.30. The van der Waals surface area contributed by atoms with Gasteiger partial charge in [-0.05, 0) is 36.5 Å². The second-order valence-electron chi connectivity index (χ2n) is 6.98. The van der Waals surface area contributed by atoms with E-state index in [0.29, 0.717) is 6.04 Å². The summed E-state index contributed by atoms with van der Waals surface area (Å²) in [5, 5.41) is 3.59. The average Bonchev–Trinajstić information content (AvgIpc) is 2.99. The Morgan fingerprint density at radius 2 is 2.04 bits per heavy atom. The molecule has 1 aromatic heterocycles. The van der Waals surface area contributed by atoms with Crippen molar-refractivity contribution in [1.82, 2.24) is 10.3 Å². The zero-order chi connectivity index (χ0) is 17.1. The second kappa shape index (κ2) is 7.42. The predicted molar refractivity (Wildman–Crippen MR) is 98.4 cm³/mol. The molecule has 3 heterocycles. The molecule has 4 rings (SSSR count). The molecule has 2 bridgehead atoms. The van der Waals surface area contributed by atoms with Crippen molar-refractivity contribution in [2.24, 2.45) is 5.92 Å². The van der Waals surface area contributed by atoms with Crippen LogP contribution in [0.15, 0.2) is 42.7 Å². The molecule has 2 aliphatic rings. The number of nitrogens with zero attached hydrogens (tertiary/aromatic N) is 2. The number of piperidine rings is 1. The van der Waals surface area contributed by atoms with Gasteiger partial charge >= 0.3 is 0 Å². The third-order valence-corrected chi connectivity index (χ3v) is 5.05. The first-order valence-corrected chi connectivity index (χ1v) is 8.99. The molecule has 5 heteroatoms. The molecule has 0 amide bonds. The zero-order valence-corrected chi connectivity index (χ0v) is 14.6. The summed E-state index contributed by atoms with van der Waals surface area (Å²) in [6, 6.07) is 10.9. The zero-order valence-electron chi connectivity index (χ0n) is 14.6. The van der Waals surface area contributed by atoms with Crippen LogP contribution in [-0.4, -0.2) is 44.4 Å². The molecule has 2 saturated heterocycles. The molecular weight excluding hydrogens is 314 g/mol. The van der Waals surface area contributed by atoms with Crippen LogP contribution < -0.4 is 15.0 Å². The Balaban J connectivity index is 1.43. The first-order chi connectivity index (χ1) is 12.3. The molecule has 5 nitrogen and oxygen atoms in total. The maximum atomic E-state index is 6.00. The lowest BCUT2D eigenvalue weighted by atomic mass is 10.00. The van der Waals surface area contributed by atoms with Crippen LogP contribution in [0.5, 0.6) is 11.5 Å². The van der Waals surface area contributed by atoms with Crippen molar-refractivity contribution in [2.45, 2.75) is 18.9 Å². The molecule has 132 valence electrons. The number of aromatic nitrogens is 1. The number of hydrogen-bond acceptors (Lipinski definition) is 5. The van der Waals surface area contributed by atoms with Gasteiger partial charge in [-0.1, -0.05) is 12.1 Å². The van der Waals surface area contributed by atoms with E-state index in [1.165, 1.54) is 12.0 Å². The average molecular weight is 339 g/mol. The van der Waals surface area contributed by atoms with Crippen LogP contribution in [-0.2, 0) is 11.2 Å². The molecule has 2 aliphatic heterocycles. The highest BCUT2D eigenvalue weighted by Gasteiger charge is 2.32.